The van der Waals surface area contributed by atoms with Crippen molar-refractivity contribution in [2.24, 2.45) is 5.92 Å². The lowest BCUT2D eigenvalue weighted by Crippen LogP contribution is -2.44. The van der Waals surface area contributed by atoms with Crippen molar-refractivity contribution in [1.82, 2.24) is 0 Å². The maximum atomic E-state index is 12.6. The molecule has 1 aliphatic rings. The molecule has 0 aromatic heterocycles. The van der Waals surface area contributed by atoms with Crippen molar-refractivity contribution in [3.63, 3.8) is 0 Å². The summed E-state index contributed by atoms with van der Waals surface area (Å²) in [6.45, 7) is 2.04. The van der Waals surface area contributed by atoms with E-state index in [0.717, 1.165) is 0 Å². The zero-order valence-corrected chi connectivity index (χ0v) is 9.72. The van der Waals surface area contributed by atoms with E-state index in [-0.39, 0.29) is 31.5 Å². The Kier molecular flexibility index (Phi) is 5.05. The van der Waals surface area contributed by atoms with E-state index in [1.807, 2.05) is 0 Å². The molecule has 0 bridgehead atoms. The maximum Gasteiger partial charge on any atom is 0.248 e. The van der Waals surface area contributed by atoms with Crippen molar-refractivity contribution in [1.29, 1.82) is 0 Å². The Morgan fingerprint density at radius 3 is 2.44 bits per heavy atom. The molecule has 0 radical (unpaired) electrons. The SMILES string of the molecule is COC(COCCC(C)F)C1CC(F)(F)C1. The molecule has 0 aliphatic heterocycles. The van der Waals surface area contributed by atoms with Gasteiger partial charge in [0.25, 0.3) is 0 Å². The second kappa shape index (κ2) is 5.87. The maximum absolute atomic E-state index is 12.6. The second-order valence-electron chi connectivity index (χ2n) is 4.44. The third kappa shape index (κ3) is 4.29. The molecule has 1 fully saturated rings. The first-order valence-corrected chi connectivity index (χ1v) is 5.57. The van der Waals surface area contributed by atoms with E-state index < -0.39 is 12.1 Å². The van der Waals surface area contributed by atoms with Crippen molar-refractivity contribution in [2.75, 3.05) is 20.3 Å². The fraction of sp³-hybridized carbons (Fsp3) is 1.00. The van der Waals surface area contributed by atoms with Crippen molar-refractivity contribution in [2.45, 2.75) is 44.4 Å². The molecule has 2 atom stereocenters. The smallest absolute Gasteiger partial charge is 0.248 e. The van der Waals surface area contributed by atoms with Gasteiger partial charge < -0.3 is 9.47 Å². The molecule has 2 unspecified atom stereocenters. The van der Waals surface area contributed by atoms with E-state index in [1.165, 1.54) is 14.0 Å². The fourth-order valence-corrected chi connectivity index (χ4v) is 1.81. The van der Waals surface area contributed by atoms with E-state index in [1.54, 1.807) is 0 Å². The van der Waals surface area contributed by atoms with E-state index in [2.05, 4.69) is 0 Å². The van der Waals surface area contributed by atoms with Crippen molar-refractivity contribution in [3.8, 4) is 0 Å². The summed E-state index contributed by atoms with van der Waals surface area (Å²) >= 11 is 0. The molecule has 96 valence electrons. The van der Waals surface area contributed by atoms with E-state index >= 15 is 0 Å². The molecular weight excluding hydrogens is 221 g/mol. The van der Waals surface area contributed by atoms with Crippen molar-refractivity contribution >= 4 is 0 Å². The third-order valence-electron chi connectivity index (χ3n) is 2.89. The molecule has 5 heteroatoms. The molecule has 0 heterocycles. The Hall–Kier alpha value is -0.290. The minimum absolute atomic E-state index is 0.131. The van der Waals surface area contributed by atoms with Crippen LogP contribution in [0.1, 0.15) is 26.2 Å². The largest absolute Gasteiger partial charge is 0.379 e. The Bertz CT molecular complexity index is 201. The highest BCUT2D eigenvalue weighted by Crippen LogP contribution is 2.44. The van der Waals surface area contributed by atoms with Gasteiger partial charge in [0.2, 0.25) is 5.92 Å². The summed E-state index contributed by atoms with van der Waals surface area (Å²) in [4.78, 5) is 0. The first-order valence-electron chi connectivity index (χ1n) is 5.57. The highest BCUT2D eigenvalue weighted by molar-refractivity contribution is 4.90. The molecule has 16 heavy (non-hydrogen) atoms. The lowest BCUT2D eigenvalue weighted by atomic mass is 9.78. The predicted molar refractivity (Wildman–Crippen MR) is 54.5 cm³/mol. The number of hydrogen-bond acceptors (Lipinski definition) is 2. The summed E-state index contributed by atoms with van der Waals surface area (Å²) in [5, 5.41) is 0. The summed E-state index contributed by atoms with van der Waals surface area (Å²) in [5.74, 6) is -2.67. The fourth-order valence-electron chi connectivity index (χ4n) is 1.81. The molecule has 1 rings (SSSR count). The average molecular weight is 240 g/mol. The Morgan fingerprint density at radius 2 is 2.00 bits per heavy atom. The molecule has 1 saturated carbocycles. The lowest BCUT2D eigenvalue weighted by Gasteiger charge is -2.39. The van der Waals surface area contributed by atoms with Gasteiger partial charge >= 0.3 is 0 Å². The predicted octanol–water partition coefficient (Wildman–Crippen LogP) is 2.81. The number of methoxy groups -OCH3 is 1. The first-order chi connectivity index (χ1) is 7.44. The number of ether oxygens (including phenoxy) is 2. The van der Waals surface area contributed by atoms with Crippen LogP contribution in [0.2, 0.25) is 0 Å². The summed E-state index contributed by atoms with van der Waals surface area (Å²) in [5.41, 5.74) is 0. The number of rotatable bonds is 7. The van der Waals surface area contributed by atoms with Gasteiger partial charge in [0, 0.05) is 33.0 Å². The third-order valence-corrected chi connectivity index (χ3v) is 2.89. The number of alkyl halides is 3. The van der Waals surface area contributed by atoms with Crippen molar-refractivity contribution < 1.29 is 22.6 Å². The van der Waals surface area contributed by atoms with Gasteiger partial charge in [0.15, 0.2) is 0 Å². The summed E-state index contributed by atoms with van der Waals surface area (Å²) in [6.07, 6.45) is -1.12. The van der Waals surface area contributed by atoms with Crippen LogP contribution in [0.3, 0.4) is 0 Å². The van der Waals surface area contributed by atoms with Gasteiger partial charge in [-0.2, -0.15) is 0 Å². The zero-order chi connectivity index (χ0) is 12.2. The van der Waals surface area contributed by atoms with Gasteiger partial charge in [-0.05, 0) is 12.8 Å². The highest BCUT2D eigenvalue weighted by Gasteiger charge is 2.48. The van der Waals surface area contributed by atoms with Gasteiger partial charge in [-0.3, -0.25) is 0 Å². The van der Waals surface area contributed by atoms with Gasteiger partial charge in [-0.25, -0.2) is 13.2 Å². The van der Waals surface area contributed by atoms with Gasteiger partial charge in [-0.15, -0.1) is 0 Å². The summed E-state index contributed by atoms with van der Waals surface area (Å²) in [7, 11) is 1.49. The Morgan fingerprint density at radius 1 is 1.38 bits per heavy atom. The normalized spacial score (nSPS) is 23.8. The molecule has 0 saturated heterocycles. The summed E-state index contributed by atoms with van der Waals surface area (Å²) in [6, 6.07) is 0. The molecule has 0 N–H and O–H groups in total. The topological polar surface area (TPSA) is 18.5 Å². The number of hydrogen-bond donors (Lipinski definition) is 0. The van der Waals surface area contributed by atoms with Gasteiger partial charge in [-0.1, -0.05) is 0 Å². The summed E-state index contributed by atoms with van der Waals surface area (Å²) < 4.78 is 48.0. The molecule has 0 amide bonds. The minimum Gasteiger partial charge on any atom is -0.379 e. The minimum atomic E-state index is -2.53. The quantitative estimate of drug-likeness (QED) is 0.637. The van der Waals surface area contributed by atoms with Crippen LogP contribution in [0.5, 0.6) is 0 Å². The van der Waals surface area contributed by atoms with E-state index in [9.17, 15) is 13.2 Å². The first kappa shape index (κ1) is 13.8. The van der Waals surface area contributed by atoms with Gasteiger partial charge in [0.05, 0.1) is 18.9 Å². The van der Waals surface area contributed by atoms with E-state index in [0.29, 0.717) is 13.0 Å². The van der Waals surface area contributed by atoms with Crippen LogP contribution in [0.15, 0.2) is 0 Å². The van der Waals surface area contributed by atoms with E-state index in [4.69, 9.17) is 9.47 Å². The van der Waals surface area contributed by atoms with Crippen LogP contribution >= 0.6 is 0 Å². The molecule has 2 nitrogen and oxygen atoms in total. The zero-order valence-electron chi connectivity index (χ0n) is 9.72. The van der Waals surface area contributed by atoms with Crippen LogP contribution in [0.25, 0.3) is 0 Å². The highest BCUT2D eigenvalue weighted by atomic mass is 19.3. The second-order valence-corrected chi connectivity index (χ2v) is 4.44. The van der Waals surface area contributed by atoms with Crippen molar-refractivity contribution in [3.05, 3.63) is 0 Å². The molecule has 0 aromatic rings. The average Bonchev–Trinajstić information content (AvgIpc) is 2.14. The molecular formula is C11H19F3O2. The van der Waals surface area contributed by atoms with Crippen LogP contribution in [0.4, 0.5) is 13.2 Å². The van der Waals surface area contributed by atoms with Crippen LogP contribution in [-0.2, 0) is 9.47 Å². The number of halogens is 3. The molecule has 0 spiro atoms. The lowest BCUT2D eigenvalue weighted by molar-refractivity contribution is -0.158. The van der Waals surface area contributed by atoms with Crippen LogP contribution in [-0.4, -0.2) is 38.5 Å². The standard InChI is InChI=1S/C11H19F3O2/c1-8(12)3-4-16-7-10(15-2)9-5-11(13,14)6-9/h8-10H,3-7H2,1-2H3. The van der Waals surface area contributed by atoms with Crippen LogP contribution in [0, 0.1) is 5.92 Å². The molecule has 1 aliphatic carbocycles. The Labute approximate surface area is 94.1 Å². The van der Waals surface area contributed by atoms with Crippen LogP contribution < -0.4 is 0 Å². The monoisotopic (exact) mass is 240 g/mol. The van der Waals surface area contributed by atoms with Gasteiger partial charge in [0.1, 0.15) is 0 Å². The Balaban J connectivity index is 2.13. The molecule has 0 aromatic carbocycles.